The van der Waals surface area contributed by atoms with Crippen molar-refractivity contribution < 1.29 is 0 Å². The highest BCUT2D eigenvalue weighted by molar-refractivity contribution is 9.10. The van der Waals surface area contributed by atoms with E-state index in [1.165, 1.54) is 31.4 Å². The van der Waals surface area contributed by atoms with E-state index >= 15 is 0 Å². The van der Waals surface area contributed by atoms with Crippen molar-refractivity contribution in [2.24, 2.45) is 11.7 Å². The lowest BCUT2D eigenvalue weighted by Crippen LogP contribution is -2.45. The van der Waals surface area contributed by atoms with E-state index in [1.807, 2.05) is 0 Å². The second-order valence-electron chi connectivity index (χ2n) is 5.29. The van der Waals surface area contributed by atoms with Crippen LogP contribution in [0.3, 0.4) is 0 Å². The molecule has 1 fully saturated rings. The summed E-state index contributed by atoms with van der Waals surface area (Å²) in [6.45, 7) is 5.30. The molecule has 0 spiro atoms. The molecule has 0 bridgehead atoms. The van der Waals surface area contributed by atoms with E-state index in [-0.39, 0.29) is 0 Å². The van der Waals surface area contributed by atoms with Crippen LogP contribution in [0.5, 0.6) is 0 Å². The summed E-state index contributed by atoms with van der Waals surface area (Å²) in [6.07, 6.45) is 3.88. The van der Waals surface area contributed by atoms with E-state index in [1.54, 1.807) is 0 Å². The Hall–Kier alpha value is -0.380. The zero-order valence-electron chi connectivity index (χ0n) is 11.1. The Morgan fingerprint density at radius 1 is 1.33 bits per heavy atom. The monoisotopic (exact) mass is 310 g/mol. The van der Waals surface area contributed by atoms with Crippen LogP contribution >= 0.6 is 15.9 Å². The van der Waals surface area contributed by atoms with Crippen LogP contribution in [0.4, 0.5) is 0 Å². The fourth-order valence-corrected chi connectivity index (χ4v) is 3.10. The average molecular weight is 311 g/mol. The summed E-state index contributed by atoms with van der Waals surface area (Å²) in [7, 11) is 0. The van der Waals surface area contributed by atoms with E-state index in [0.29, 0.717) is 6.04 Å². The van der Waals surface area contributed by atoms with Crippen molar-refractivity contribution in [2.45, 2.75) is 38.8 Å². The first-order valence-corrected chi connectivity index (χ1v) is 7.70. The van der Waals surface area contributed by atoms with Gasteiger partial charge in [0.25, 0.3) is 0 Å². The zero-order chi connectivity index (χ0) is 13.0. The molecule has 2 atom stereocenters. The largest absolute Gasteiger partial charge is 0.329 e. The second kappa shape index (κ2) is 6.69. The molecule has 18 heavy (non-hydrogen) atoms. The van der Waals surface area contributed by atoms with Gasteiger partial charge in [-0.1, -0.05) is 41.4 Å². The maximum absolute atomic E-state index is 5.94. The van der Waals surface area contributed by atoms with Crippen LogP contribution in [0.25, 0.3) is 0 Å². The third-order valence-electron chi connectivity index (χ3n) is 4.09. The number of halogens is 1. The molecule has 1 saturated heterocycles. The van der Waals surface area contributed by atoms with Gasteiger partial charge >= 0.3 is 0 Å². The summed E-state index contributed by atoms with van der Waals surface area (Å²) in [4.78, 5) is 2.55. The molecule has 2 rings (SSSR count). The zero-order valence-corrected chi connectivity index (χ0v) is 12.7. The Kier molecular flexibility index (Phi) is 5.22. The van der Waals surface area contributed by atoms with Gasteiger partial charge in [-0.25, -0.2) is 0 Å². The number of rotatable bonds is 4. The van der Waals surface area contributed by atoms with Crippen LogP contribution in [-0.4, -0.2) is 24.0 Å². The highest BCUT2D eigenvalue weighted by Gasteiger charge is 2.26. The molecule has 2 unspecified atom stereocenters. The number of nitrogens with zero attached hydrogens (tertiary/aromatic N) is 1. The van der Waals surface area contributed by atoms with Crippen LogP contribution in [0.1, 0.15) is 31.7 Å². The number of hydrogen-bond acceptors (Lipinski definition) is 2. The van der Waals surface area contributed by atoms with Crippen molar-refractivity contribution in [1.29, 1.82) is 0 Å². The van der Waals surface area contributed by atoms with Gasteiger partial charge < -0.3 is 5.73 Å². The molecule has 0 radical (unpaired) electrons. The van der Waals surface area contributed by atoms with Crippen molar-refractivity contribution in [3.8, 4) is 0 Å². The maximum atomic E-state index is 5.94. The van der Waals surface area contributed by atoms with Crippen molar-refractivity contribution in [2.75, 3.05) is 13.1 Å². The highest BCUT2D eigenvalue weighted by Crippen LogP contribution is 2.26. The lowest BCUT2D eigenvalue weighted by atomic mass is 9.88. The quantitative estimate of drug-likeness (QED) is 0.923. The van der Waals surface area contributed by atoms with Crippen LogP contribution < -0.4 is 5.73 Å². The van der Waals surface area contributed by atoms with Gasteiger partial charge in [0.1, 0.15) is 0 Å². The molecule has 2 nitrogen and oxygen atoms in total. The van der Waals surface area contributed by atoms with Crippen molar-refractivity contribution in [3.63, 3.8) is 0 Å². The van der Waals surface area contributed by atoms with Gasteiger partial charge in [-0.3, -0.25) is 4.90 Å². The van der Waals surface area contributed by atoms with Crippen molar-refractivity contribution in [3.05, 3.63) is 34.3 Å². The van der Waals surface area contributed by atoms with Crippen LogP contribution in [0, 0.1) is 5.92 Å². The van der Waals surface area contributed by atoms with Gasteiger partial charge in [0.15, 0.2) is 0 Å². The molecule has 100 valence electrons. The summed E-state index contributed by atoms with van der Waals surface area (Å²) < 4.78 is 1.14. The molecule has 0 aromatic heterocycles. The Bertz CT molecular complexity index is 363. The molecular weight excluding hydrogens is 288 g/mol. The Balaban J connectivity index is 1.97. The van der Waals surface area contributed by atoms with Crippen LogP contribution in [0.15, 0.2) is 28.7 Å². The molecule has 2 N–H and O–H groups in total. The first-order valence-electron chi connectivity index (χ1n) is 6.91. The SMILES string of the molecule is CCC1CCN(Cc2ccc(Br)cc2)C(CN)C1. The minimum absolute atomic E-state index is 0.562. The summed E-state index contributed by atoms with van der Waals surface area (Å²) in [6, 6.07) is 9.19. The molecule has 0 aliphatic carbocycles. The number of nitrogens with two attached hydrogens (primary N) is 1. The number of likely N-dealkylation sites (tertiary alicyclic amines) is 1. The van der Waals surface area contributed by atoms with Crippen LogP contribution in [-0.2, 0) is 6.54 Å². The number of hydrogen-bond donors (Lipinski definition) is 1. The lowest BCUT2D eigenvalue weighted by Gasteiger charge is -2.38. The third kappa shape index (κ3) is 3.56. The Morgan fingerprint density at radius 3 is 2.67 bits per heavy atom. The van der Waals surface area contributed by atoms with Gasteiger partial charge in [0, 0.05) is 23.6 Å². The van der Waals surface area contributed by atoms with Gasteiger partial charge in [-0.05, 0) is 43.0 Å². The fraction of sp³-hybridized carbons (Fsp3) is 0.600. The molecule has 1 heterocycles. The van der Waals surface area contributed by atoms with E-state index in [4.69, 9.17) is 5.73 Å². The van der Waals surface area contributed by atoms with Crippen LogP contribution in [0.2, 0.25) is 0 Å². The molecular formula is C15H23BrN2. The minimum atomic E-state index is 0.562. The summed E-state index contributed by atoms with van der Waals surface area (Å²) in [5, 5.41) is 0. The third-order valence-corrected chi connectivity index (χ3v) is 4.62. The lowest BCUT2D eigenvalue weighted by molar-refractivity contribution is 0.107. The van der Waals surface area contributed by atoms with Crippen molar-refractivity contribution in [1.82, 2.24) is 4.90 Å². The van der Waals surface area contributed by atoms with Gasteiger partial charge in [-0.15, -0.1) is 0 Å². The molecule has 1 aromatic carbocycles. The number of benzene rings is 1. The summed E-state index contributed by atoms with van der Waals surface area (Å²) in [5.41, 5.74) is 7.32. The van der Waals surface area contributed by atoms with E-state index in [2.05, 4.69) is 52.0 Å². The van der Waals surface area contributed by atoms with Gasteiger partial charge in [0.2, 0.25) is 0 Å². The van der Waals surface area contributed by atoms with E-state index in [0.717, 1.165) is 23.5 Å². The summed E-state index contributed by atoms with van der Waals surface area (Å²) >= 11 is 3.48. The molecule has 0 saturated carbocycles. The molecule has 0 amide bonds. The first kappa shape index (κ1) is 14.0. The average Bonchev–Trinajstić information content (AvgIpc) is 2.41. The Morgan fingerprint density at radius 2 is 2.06 bits per heavy atom. The molecule has 1 aromatic rings. The second-order valence-corrected chi connectivity index (χ2v) is 6.20. The standard InChI is InChI=1S/C15H23BrN2/c1-2-12-7-8-18(15(9-12)10-17)11-13-3-5-14(16)6-4-13/h3-6,12,15H,2,7-11,17H2,1H3. The summed E-state index contributed by atoms with van der Waals surface area (Å²) in [5.74, 6) is 0.875. The molecule has 3 heteroatoms. The van der Waals surface area contributed by atoms with Crippen molar-refractivity contribution >= 4 is 15.9 Å². The number of piperidine rings is 1. The molecule has 1 aliphatic rings. The predicted octanol–water partition coefficient (Wildman–Crippen LogP) is 3.40. The molecule has 1 aliphatic heterocycles. The Labute approximate surface area is 119 Å². The minimum Gasteiger partial charge on any atom is -0.329 e. The normalized spacial score (nSPS) is 25.3. The van der Waals surface area contributed by atoms with Gasteiger partial charge in [0.05, 0.1) is 0 Å². The highest BCUT2D eigenvalue weighted by atomic mass is 79.9. The predicted molar refractivity (Wildman–Crippen MR) is 80.4 cm³/mol. The van der Waals surface area contributed by atoms with Gasteiger partial charge in [-0.2, -0.15) is 0 Å². The first-order chi connectivity index (χ1) is 8.72. The topological polar surface area (TPSA) is 29.3 Å². The fourth-order valence-electron chi connectivity index (χ4n) is 2.83. The van der Waals surface area contributed by atoms with E-state index < -0.39 is 0 Å². The maximum Gasteiger partial charge on any atom is 0.0237 e. The van der Waals surface area contributed by atoms with E-state index in [9.17, 15) is 0 Å². The smallest absolute Gasteiger partial charge is 0.0237 e.